The monoisotopic (exact) mass is 799 g/mol. The SMILES string of the molecule is CCC(C)(C)c1cc(C(C)(C)CC)c(OPOc2ccc(CN)cc2)c(-c2c(C)c(C(C)(C)CC)cc(C(C)(C)CC)c2OPOc2ccc([N-]C)cc2)c1C. The van der Waals surface area contributed by atoms with Crippen LogP contribution in [0.3, 0.4) is 0 Å². The molecule has 4 aromatic rings. The largest absolute Gasteiger partial charge is 0.687 e. The lowest BCUT2D eigenvalue weighted by molar-refractivity contribution is 0.453. The fourth-order valence-corrected chi connectivity index (χ4v) is 8.22. The van der Waals surface area contributed by atoms with E-state index in [2.05, 4.69) is 114 Å². The van der Waals surface area contributed by atoms with E-state index in [0.717, 1.165) is 71.1 Å². The minimum atomic E-state index is -0.273. The van der Waals surface area contributed by atoms with E-state index in [1.807, 2.05) is 48.5 Å². The molecule has 4 aromatic carbocycles. The van der Waals surface area contributed by atoms with Gasteiger partial charge in [0.2, 0.25) is 0 Å². The summed E-state index contributed by atoms with van der Waals surface area (Å²) in [7, 11) is 1.25. The van der Waals surface area contributed by atoms with Crippen molar-refractivity contribution in [2.24, 2.45) is 5.73 Å². The minimum absolute atomic E-state index is 0.0951. The average molecular weight is 800 g/mol. The van der Waals surface area contributed by atoms with Crippen molar-refractivity contribution < 1.29 is 18.1 Å². The molecule has 0 spiro atoms. The smallest absolute Gasteiger partial charge is 0.275 e. The Kier molecular flexibility index (Phi) is 15.0. The van der Waals surface area contributed by atoms with E-state index in [-0.39, 0.29) is 39.7 Å². The predicted molar refractivity (Wildman–Crippen MR) is 243 cm³/mol. The molecule has 6 nitrogen and oxygen atoms in total. The van der Waals surface area contributed by atoms with Crippen molar-refractivity contribution in [2.75, 3.05) is 7.05 Å². The Morgan fingerprint density at radius 2 is 0.857 bits per heavy atom. The van der Waals surface area contributed by atoms with Crippen molar-refractivity contribution in [3.8, 4) is 34.1 Å². The summed E-state index contributed by atoms with van der Waals surface area (Å²) in [6.07, 6.45) is 3.84. The molecule has 4 rings (SSSR count). The van der Waals surface area contributed by atoms with E-state index < -0.39 is 0 Å². The van der Waals surface area contributed by atoms with E-state index in [4.69, 9.17) is 23.8 Å². The zero-order valence-electron chi connectivity index (χ0n) is 37.0. The Balaban J connectivity index is 2.13. The second-order valence-electron chi connectivity index (χ2n) is 17.7. The fraction of sp³-hybridized carbons (Fsp3) is 0.500. The number of nitrogens with zero attached hydrogens (tertiary/aromatic N) is 1. The van der Waals surface area contributed by atoms with Crippen LogP contribution < -0.4 is 23.8 Å². The standard InChI is InChI=1S/C48H69N2O4P2/c1-16-45(7,8)37-28-39(47(11,12)18-3)43(53-55-51-35-24-20-33(30-49)21-25-35)41(31(37)5)42-32(6)38(46(9,10)17-2)29-40(48(13,14)19-4)44(42)54-56-52-36-26-22-34(50-15)23-27-36/h20-29,55-56H,16-19,30,49H2,1-15H3/q-1. The van der Waals surface area contributed by atoms with Gasteiger partial charge in [-0.2, -0.15) is 0 Å². The van der Waals surface area contributed by atoms with Crippen LogP contribution in [-0.4, -0.2) is 7.05 Å². The molecule has 0 saturated heterocycles. The van der Waals surface area contributed by atoms with Gasteiger partial charge in [-0.1, -0.05) is 119 Å². The van der Waals surface area contributed by atoms with Gasteiger partial charge in [0, 0.05) is 28.8 Å². The van der Waals surface area contributed by atoms with Crippen molar-refractivity contribution in [1.29, 1.82) is 0 Å². The van der Waals surface area contributed by atoms with Crippen LogP contribution in [0, 0.1) is 13.8 Å². The number of hydrogen-bond acceptors (Lipinski definition) is 5. The first kappa shape index (κ1) is 45.4. The van der Waals surface area contributed by atoms with Gasteiger partial charge in [-0.05, 0) is 113 Å². The Morgan fingerprint density at radius 1 is 0.518 bits per heavy atom. The molecule has 2 unspecified atom stereocenters. The Labute approximate surface area is 343 Å². The molecule has 0 bridgehead atoms. The van der Waals surface area contributed by atoms with Crippen LogP contribution in [0.1, 0.15) is 148 Å². The highest BCUT2D eigenvalue weighted by atomic mass is 31.1. The molecular weight excluding hydrogens is 730 g/mol. The normalized spacial score (nSPS) is 12.9. The van der Waals surface area contributed by atoms with Gasteiger partial charge in [0.1, 0.15) is 23.0 Å². The minimum Gasteiger partial charge on any atom is -0.687 e. The Bertz CT molecular complexity index is 1790. The highest BCUT2D eigenvalue weighted by Gasteiger charge is 2.37. The molecule has 0 aliphatic rings. The number of benzene rings is 4. The molecule has 0 fully saturated rings. The molecule has 0 heterocycles. The highest BCUT2D eigenvalue weighted by molar-refractivity contribution is 7.27. The Morgan fingerprint density at radius 3 is 1.18 bits per heavy atom. The van der Waals surface area contributed by atoms with E-state index in [1.165, 1.54) is 33.4 Å². The van der Waals surface area contributed by atoms with Crippen molar-refractivity contribution in [3.63, 3.8) is 0 Å². The van der Waals surface area contributed by atoms with E-state index in [0.29, 0.717) is 6.54 Å². The summed E-state index contributed by atoms with van der Waals surface area (Å²) < 4.78 is 26.8. The summed E-state index contributed by atoms with van der Waals surface area (Å²) in [5.41, 5.74) is 16.8. The second-order valence-corrected chi connectivity index (χ2v) is 18.8. The van der Waals surface area contributed by atoms with E-state index in [9.17, 15) is 0 Å². The maximum atomic E-state index is 7.05. The summed E-state index contributed by atoms with van der Waals surface area (Å²) in [5.74, 6) is 3.19. The zero-order valence-corrected chi connectivity index (χ0v) is 39.0. The Hall–Kier alpha value is -3.30. The molecule has 306 valence electrons. The van der Waals surface area contributed by atoms with Crippen molar-refractivity contribution in [1.82, 2.24) is 0 Å². The molecule has 0 aromatic heterocycles. The lowest BCUT2D eigenvalue weighted by atomic mass is 9.69. The van der Waals surface area contributed by atoms with Crippen LogP contribution in [0.25, 0.3) is 16.4 Å². The maximum Gasteiger partial charge on any atom is 0.275 e. The van der Waals surface area contributed by atoms with Gasteiger partial charge in [-0.15, -0.1) is 12.7 Å². The summed E-state index contributed by atoms with van der Waals surface area (Å²) in [5, 5.41) is 4.29. The molecule has 2 N–H and O–H groups in total. The first-order chi connectivity index (χ1) is 26.3. The molecular formula is C48H69N2O4P2-. The van der Waals surface area contributed by atoms with Crippen molar-refractivity contribution in [3.05, 3.63) is 105 Å². The van der Waals surface area contributed by atoms with Gasteiger partial charge in [0.05, 0.1) is 0 Å². The number of rotatable bonds is 19. The molecule has 56 heavy (non-hydrogen) atoms. The van der Waals surface area contributed by atoms with Gasteiger partial charge in [-0.3, -0.25) is 0 Å². The van der Waals surface area contributed by atoms with E-state index in [1.54, 1.807) is 7.05 Å². The average Bonchev–Trinajstić information content (AvgIpc) is 3.18. The summed E-state index contributed by atoms with van der Waals surface area (Å²) in [4.78, 5) is 0. The van der Waals surface area contributed by atoms with Gasteiger partial charge in [0.15, 0.2) is 0 Å². The highest BCUT2D eigenvalue weighted by Crippen LogP contribution is 2.55. The van der Waals surface area contributed by atoms with Crippen LogP contribution in [0.15, 0.2) is 60.7 Å². The summed E-state index contributed by atoms with van der Waals surface area (Å²) >= 11 is 0. The molecule has 0 radical (unpaired) electrons. The van der Waals surface area contributed by atoms with E-state index >= 15 is 0 Å². The molecule has 2 atom stereocenters. The van der Waals surface area contributed by atoms with Crippen LogP contribution in [0.2, 0.25) is 0 Å². The second kappa shape index (κ2) is 18.5. The third-order valence-corrected chi connectivity index (χ3v) is 13.9. The molecule has 8 heteroatoms. The van der Waals surface area contributed by atoms with Crippen LogP contribution in [-0.2, 0) is 28.2 Å². The zero-order chi connectivity index (χ0) is 41.6. The van der Waals surface area contributed by atoms with Crippen LogP contribution in [0.5, 0.6) is 23.0 Å². The fourth-order valence-electron chi connectivity index (χ4n) is 7.08. The summed E-state index contributed by atoms with van der Waals surface area (Å²) in [6, 6.07) is 20.6. The lowest BCUT2D eigenvalue weighted by Gasteiger charge is -2.37. The third-order valence-electron chi connectivity index (χ3n) is 12.6. The van der Waals surface area contributed by atoms with Crippen LogP contribution in [0.4, 0.5) is 5.69 Å². The van der Waals surface area contributed by atoms with Crippen molar-refractivity contribution in [2.45, 2.75) is 151 Å². The van der Waals surface area contributed by atoms with Gasteiger partial charge in [-0.25, -0.2) is 0 Å². The van der Waals surface area contributed by atoms with Gasteiger partial charge in [0.25, 0.3) is 18.1 Å². The number of hydrogen-bond donors (Lipinski definition) is 1. The third kappa shape index (κ3) is 9.86. The first-order valence-corrected chi connectivity index (χ1v) is 22.0. The van der Waals surface area contributed by atoms with Crippen molar-refractivity contribution >= 4 is 23.8 Å². The maximum absolute atomic E-state index is 7.05. The summed E-state index contributed by atoms with van der Waals surface area (Å²) in [6.45, 7) is 32.9. The van der Waals surface area contributed by atoms with Crippen LogP contribution >= 0.6 is 18.1 Å². The topological polar surface area (TPSA) is 77.0 Å². The molecule has 0 aliphatic heterocycles. The number of nitrogens with two attached hydrogens (primary N) is 1. The van der Waals surface area contributed by atoms with Gasteiger partial charge >= 0.3 is 0 Å². The molecule has 0 amide bonds. The first-order valence-electron chi connectivity index (χ1n) is 20.4. The molecule has 0 aliphatic carbocycles. The lowest BCUT2D eigenvalue weighted by Crippen LogP contribution is -2.25. The van der Waals surface area contributed by atoms with Gasteiger partial charge < -0.3 is 29.1 Å². The molecule has 0 saturated carbocycles. The quantitative estimate of drug-likeness (QED) is 0.0956. The predicted octanol–water partition coefficient (Wildman–Crippen LogP) is 14.7.